The maximum atomic E-state index is 4.23. The topological polar surface area (TPSA) is 12.0 Å². The first-order chi connectivity index (χ1) is 11.9. The first kappa shape index (κ1) is 18.8. The van der Waals surface area contributed by atoms with E-state index in [1.54, 1.807) is 0 Å². The van der Waals surface area contributed by atoms with Gasteiger partial charge in [0.1, 0.15) is 0 Å². The Kier molecular flexibility index (Phi) is 6.41. The minimum atomic E-state index is 0.818. The quantitative estimate of drug-likeness (QED) is 0.597. The fourth-order valence-corrected chi connectivity index (χ4v) is 2.65. The molecule has 0 saturated carbocycles. The summed E-state index contributed by atoms with van der Waals surface area (Å²) in [6.45, 7) is 17.5. The summed E-state index contributed by atoms with van der Waals surface area (Å²) in [5.41, 5.74) is 9.52. The van der Waals surface area contributed by atoms with Gasteiger partial charge in [-0.15, -0.1) is 0 Å². The lowest BCUT2D eigenvalue weighted by Gasteiger charge is -2.13. The van der Waals surface area contributed by atoms with Crippen molar-refractivity contribution in [2.45, 2.75) is 34.1 Å². The van der Waals surface area contributed by atoms with Crippen molar-refractivity contribution in [3.8, 4) is 0 Å². The van der Waals surface area contributed by atoms with E-state index in [4.69, 9.17) is 0 Å². The minimum Gasteiger partial charge on any atom is -0.381 e. The van der Waals surface area contributed by atoms with Crippen LogP contribution in [0.25, 0.3) is 11.8 Å². The van der Waals surface area contributed by atoms with Gasteiger partial charge in [0.05, 0.1) is 0 Å². The Bertz CT molecular complexity index is 797. The Balaban J connectivity index is 2.12. The van der Waals surface area contributed by atoms with Crippen molar-refractivity contribution in [2.24, 2.45) is 0 Å². The molecule has 1 N–H and O–H groups in total. The highest BCUT2D eigenvalue weighted by Gasteiger charge is 2.05. The first-order valence-electron chi connectivity index (χ1n) is 8.77. The van der Waals surface area contributed by atoms with Crippen molar-refractivity contribution in [1.82, 2.24) is 5.32 Å². The number of aryl methyl sites for hydroxylation is 1. The number of benzene rings is 1. The standard InChI is InChI=1S/C24H29N/c1-17(2)20(5)14-24-15-23(12-11-19(24)4)21(6)25-16-22-10-8-7-9-18(3)13-22/h7-9,11-15,25H,1,6,10,16H2,2-5H3/b20-14+. The lowest BCUT2D eigenvalue weighted by Crippen LogP contribution is -2.15. The normalized spacial score (nSPS) is 14.5. The van der Waals surface area contributed by atoms with Crippen molar-refractivity contribution >= 4 is 11.8 Å². The van der Waals surface area contributed by atoms with Crippen LogP contribution in [0.5, 0.6) is 0 Å². The van der Waals surface area contributed by atoms with Crippen LogP contribution in [0.4, 0.5) is 0 Å². The second-order valence-corrected chi connectivity index (χ2v) is 6.86. The smallest absolute Gasteiger partial charge is 0.0366 e. The highest BCUT2D eigenvalue weighted by Crippen LogP contribution is 2.21. The molecular weight excluding hydrogens is 302 g/mol. The van der Waals surface area contributed by atoms with E-state index in [9.17, 15) is 0 Å². The van der Waals surface area contributed by atoms with Gasteiger partial charge < -0.3 is 5.32 Å². The predicted octanol–water partition coefficient (Wildman–Crippen LogP) is 6.37. The van der Waals surface area contributed by atoms with E-state index in [1.807, 2.05) is 6.92 Å². The first-order valence-corrected chi connectivity index (χ1v) is 8.77. The molecule has 0 fully saturated rings. The van der Waals surface area contributed by atoms with E-state index in [0.717, 1.165) is 29.8 Å². The lowest BCUT2D eigenvalue weighted by atomic mass is 9.99. The van der Waals surface area contributed by atoms with Crippen LogP contribution in [0.1, 0.15) is 43.9 Å². The molecule has 0 atom stereocenters. The summed E-state index contributed by atoms with van der Waals surface area (Å²) in [6.07, 6.45) is 11.9. The molecule has 1 aliphatic rings. The number of rotatable bonds is 6. The summed E-state index contributed by atoms with van der Waals surface area (Å²) < 4.78 is 0. The Morgan fingerprint density at radius 2 is 1.96 bits per heavy atom. The summed E-state index contributed by atoms with van der Waals surface area (Å²) in [7, 11) is 0. The van der Waals surface area contributed by atoms with Crippen LogP contribution in [-0.2, 0) is 0 Å². The highest BCUT2D eigenvalue weighted by atomic mass is 14.9. The van der Waals surface area contributed by atoms with Crippen LogP contribution in [-0.4, -0.2) is 6.54 Å². The van der Waals surface area contributed by atoms with Crippen molar-refractivity contribution in [3.05, 3.63) is 94.6 Å². The molecule has 2 rings (SSSR count). The molecule has 1 heteroatoms. The molecule has 0 aliphatic heterocycles. The van der Waals surface area contributed by atoms with Crippen LogP contribution in [0.3, 0.4) is 0 Å². The number of allylic oxidation sites excluding steroid dienone is 7. The van der Waals surface area contributed by atoms with Crippen molar-refractivity contribution in [1.29, 1.82) is 0 Å². The molecule has 0 radical (unpaired) electrons. The second kappa shape index (κ2) is 8.53. The molecule has 0 unspecified atom stereocenters. The Morgan fingerprint density at radius 1 is 1.20 bits per heavy atom. The summed E-state index contributed by atoms with van der Waals surface area (Å²) in [6, 6.07) is 6.48. The van der Waals surface area contributed by atoms with Gasteiger partial charge >= 0.3 is 0 Å². The second-order valence-electron chi connectivity index (χ2n) is 6.86. The lowest BCUT2D eigenvalue weighted by molar-refractivity contribution is 0.928. The van der Waals surface area contributed by atoms with E-state index >= 15 is 0 Å². The molecule has 0 heterocycles. The summed E-state index contributed by atoms with van der Waals surface area (Å²) in [4.78, 5) is 0. The fourth-order valence-electron chi connectivity index (χ4n) is 2.65. The number of nitrogens with one attached hydrogen (secondary N) is 1. The molecule has 0 amide bonds. The highest BCUT2D eigenvalue weighted by molar-refractivity contribution is 5.68. The maximum Gasteiger partial charge on any atom is 0.0366 e. The van der Waals surface area contributed by atoms with Crippen LogP contribution < -0.4 is 5.32 Å². The van der Waals surface area contributed by atoms with E-state index in [1.165, 1.54) is 27.8 Å². The largest absolute Gasteiger partial charge is 0.381 e. The van der Waals surface area contributed by atoms with Crippen LogP contribution in [0.2, 0.25) is 0 Å². The van der Waals surface area contributed by atoms with Gasteiger partial charge in [-0.3, -0.25) is 0 Å². The van der Waals surface area contributed by atoms with Gasteiger partial charge in [0.25, 0.3) is 0 Å². The molecule has 130 valence electrons. The zero-order valence-corrected chi connectivity index (χ0v) is 15.9. The molecule has 1 nitrogen and oxygen atoms in total. The van der Waals surface area contributed by atoms with Gasteiger partial charge in [0, 0.05) is 12.2 Å². The molecule has 25 heavy (non-hydrogen) atoms. The molecule has 0 spiro atoms. The van der Waals surface area contributed by atoms with Crippen LogP contribution in [0, 0.1) is 6.92 Å². The van der Waals surface area contributed by atoms with E-state index in [0.29, 0.717) is 0 Å². The third-order valence-corrected chi connectivity index (χ3v) is 4.51. The van der Waals surface area contributed by atoms with Gasteiger partial charge in [-0.2, -0.15) is 0 Å². The van der Waals surface area contributed by atoms with E-state index in [-0.39, 0.29) is 0 Å². The molecule has 0 bridgehead atoms. The predicted molar refractivity (Wildman–Crippen MR) is 112 cm³/mol. The third kappa shape index (κ3) is 5.49. The maximum absolute atomic E-state index is 4.23. The Labute approximate surface area is 152 Å². The minimum absolute atomic E-state index is 0.818. The number of hydrogen-bond donors (Lipinski definition) is 1. The third-order valence-electron chi connectivity index (χ3n) is 4.51. The van der Waals surface area contributed by atoms with Crippen molar-refractivity contribution in [2.75, 3.05) is 6.54 Å². The monoisotopic (exact) mass is 331 g/mol. The van der Waals surface area contributed by atoms with Crippen LogP contribution in [0.15, 0.2) is 78.0 Å². The molecule has 0 saturated heterocycles. The average molecular weight is 332 g/mol. The molecular formula is C24H29N. The zero-order chi connectivity index (χ0) is 18.4. The SMILES string of the molecule is C=C(C)/C(C)=C/c1cc(C(=C)NCC2=CC(C)=CC=CC2)ccc1C. The Hall–Kier alpha value is -2.54. The molecule has 1 aliphatic carbocycles. The van der Waals surface area contributed by atoms with Crippen LogP contribution >= 0.6 is 0 Å². The van der Waals surface area contributed by atoms with Crippen molar-refractivity contribution < 1.29 is 0 Å². The Morgan fingerprint density at radius 3 is 2.68 bits per heavy atom. The van der Waals surface area contributed by atoms with E-state index < -0.39 is 0 Å². The fraction of sp³-hybridized carbons (Fsp3) is 0.250. The van der Waals surface area contributed by atoms with Crippen molar-refractivity contribution in [3.63, 3.8) is 0 Å². The molecule has 0 aromatic heterocycles. The molecule has 1 aromatic carbocycles. The zero-order valence-electron chi connectivity index (χ0n) is 15.9. The summed E-state index contributed by atoms with van der Waals surface area (Å²) >= 11 is 0. The molecule has 1 aromatic rings. The van der Waals surface area contributed by atoms with Gasteiger partial charge in [-0.1, -0.05) is 66.8 Å². The average Bonchev–Trinajstić information content (AvgIpc) is 2.78. The van der Waals surface area contributed by atoms with Gasteiger partial charge in [0.2, 0.25) is 0 Å². The van der Waals surface area contributed by atoms with Gasteiger partial charge in [-0.25, -0.2) is 0 Å². The summed E-state index contributed by atoms with van der Waals surface area (Å²) in [5, 5.41) is 3.48. The van der Waals surface area contributed by atoms with Gasteiger partial charge in [0.15, 0.2) is 0 Å². The number of hydrogen-bond acceptors (Lipinski definition) is 1. The van der Waals surface area contributed by atoms with Gasteiger partial charge in [-0.05, 0) is 68.0 Å². The summed E-state index contributed by atoms with van der Waals surface area (Å²) in [5.74, 6) is 0. The van der Waals surface area contributed by atoms with E-state index in [2.05, 4.69) is 87.8 Å².